The number of thioether (sulfide) groups is 1. The van der Waals surface area contributed by atoms with Crippen LogP contribution in [0.4, 0.5) is 0 Å². The van der Waals surface area contributed by atoms with Crippen LogP contribution in [-0.2, 0) is 5.75 Å². The second-order valence-corrected chi connectivity index (χ2v) is 4.92. The van der Waals surface area contributed by atoms with Crippen LogP contribution in [0.3, 0.4) is 0 Å². The molecule has 0 aliphatic heterocycles. The van der Waals surface area contributed by atoms with E-state index in [1.807, 2.05) is 30.5 Å². The van der Waals surface area contributed by atoms with Gasteiger partial charge in [0.25, 0.3) is 0 Å². The van der Waals surface area contributed by atoms with Crippen molar-refractivity contribution in [3.05, 3.63) is 42.1 Å². The number of nitrogens with zero attached hydrogens (tertiary/aromatic N) is 1. The molecule has 0 amide bonds. The third-order valence-electron chi connectivity index (χ3n) is 2.82. The number of ether oxygens (including phenoxy) is 2. The molecule has 0 spiro atoms. The van der Waals surface area contributed by atoms with Crippen molar-refractivity contribution in [3.8, 4) is 22.8 Å². The predicted molar refractivity (Wildman–Crippen MR) is 80.0 cm³/mol. The average molecular weight is 275 g/mol. The maximum Gasteiger partial charge on any atom is 0.128 e. The van der Waals surface area contributed by atoms with E-state index in [4.69, 9.17) is 9.47 Å². The molecule has 0 aliphatic rings. The summed E-state index contributed by atoms with van der Waals surface area (Å²) in [6.45, 7) is 0. The van der Waals surface area contributed by atoms with Gasteiger partial charge in [0.05, 0.1) is 19.9 Å². The summed E-state index contributed by atoms with van der Waals surface area (Å²) in [4.78, 5) is 4.50. The van der Waals surface area contributed by atoms with Gasteiger partial charge >= 0.3 is 0 Å². The molecule has 1 aromatic carbocycles. The van der Waals surface area contributed by atoms with Gasteiger partial charge in [-0.2, -0.15) is 11.8 Å². The van der Waals surface area contributed by atoms with E-state index in [0.717, 1.165) is 28.5 Å². The zero-order valence-corrected chi connectivity index (χ0v) is 12.2. The molecule has 0 atom stereocenters. The molecular formula is C15H17NO2S. The molecule has 100 valence electrons. The van der Waals surface area contributed by atoms with Gasteiger partial charge in [-0.3, -0.25) is 4.98 Å². The molecule has 0 bridgehead atoms. The van der Waals surface area contributed by atoms with E-state index in [0.29, 0.717) is 0 Å². The quantitative estimate of drug-likeness (QED) is 0.834. The van der Waals surface area contributed by atoms with Gasteiger partial charge < -0.3 is 9.47 Å². The van der Waals surface area contributed by atoms with E-state index in [1.165, 1.54) is 5.56 Å². The Bertz CT molecular complexity index is 540. The zero-order valence-electron chi connectivity index (χ0n) is 11.3. The maximum absolute atomic E-state index is 5.38. The van der Waals surface area contributed by atoms with Crippen molar-refractivity contribution >= 4 is 11.8 Å². The average Bonchev–Trinajstić information content (AvgIpc) is 2.47. The molecule has 2 aromatic rings. The molecule has 0 saturated carbocycles. The highest BCUT2D eigenvalue weighted by molar-refractivity contribution is 7.97. The van der Waals surface area contributed by atoms with E-state index in [-0.39, 0.29) is 0 Å². The van der Waals surface area contributed by atoms with Crippen molar-refractivity contribution in [1.82, 2.24) is 4.98 Å². The van der Waals surface area contributed by atoms with E-state index < -0.39 is 0 Å². The molecule has 3 nitrogen and oxygen atoms in total. The molecule has 0 fully saturated rings. The summed E-state index contributed by atoms with van der Waals surface area (Å²) in [5, 5.41) is 0. The van der Waals surface area contributed by atoms with Crippen LogP contribution in [0.5, 0.6) is 11.5 Å². The Hall–Kier alpha value is -1.68. The third kappa shape index (κ3) is 3.20. The van der Waals surface area contributed by atoms with Gasteiger partial charge in [0.2, 0.25) is 0 Å². The highest BCUT2D eigenvalue weighted by Gasteiger charge is 2.08. The Morgan fingerprint density at radius 2 is 1.95 bits per heavy atom. The number of methoxy groups -OCH3 is 2. The summed E-state index contributed by atoms with van der Waals surface area (Å²) in [7, 11) is 3.31. The highest BCUT2D eigenvalue weighted by atomic mass is 32.2. The SMILES string of the molecule is COc1ccc(OC)c(-c2ccc(CSC)cn2)c1. The van der Waals surface area contributed by atoms with Gasteiger partial charge in [-0.15, -0.1) is 0 Å². The lowest BCUT2D eigenvalue weighted by Crippen LogP contribution is -1.92. The summed E-state index contributed by atoms with van der Waals surface area (Å²) in [5.41, 5.74) is 3.05. The predicted octanol–water partition coefficient (Wildman–Crippen LogP) is 3.63. The number of aromatic nitrogens is 1. The van der Waals surface area contributed by atoms with Crippen molar-refractivity contribution in [2.45, 2.75) is 5.75 Å². The van der Waals surface area contributed by atoms with Crippen LogP contribution < -0.4 is 9.47 Å². The maximum atomic E-state index is 5.38. The first-order valence-corrected chi connectivity index (χ1v) is 7.34. The summed E-state index contributed by atoms with van der Waals surface area (Å²) < 4.78 is 10.6. The zero-order chi connectivity index (χ0) is 13.7. The van der Waals surface area contributed by atoms with E-state index in [1.54, 1.807) is 26.0 Å². The molecule has 0 radical (unpaired) electrons. The molecule has 4 heteroatoms. The van der Waals surface area contributed by atoms with Gasteiger partial charge in [-0.05, 0) is 36.1 Å². The van der Waals surface area contributed by atoms with Crippen molar-refractivity contribution in [2.75, 3.05) is 20.5 Å². The smallest absolute Gasteiger partial charge is 0.128 e. The summed E-state index contributed by atoms with van der Waals surface area (Å²) in [6.07, 6.45) is 3.99. The number of pyridine rings is 1. The van der Waals surface area contributed by atoms with Crippen molar-refractivity contribution in [3.63, 3.8) is 0 Å². The second kappa shape index (κ2) is 6.48. The van der Waals surface area contributed by atoms with Gasteiger partial charge in [0.15, 0.2) is 0 Å². The fourth-order valence-corrected chi connectivity index (χ4v) is 2.35. The Morgan fingerprint density at radius 1 is 1.11 bits per heavy atom. The van der Waals surface area contributed by atoms with E-state index in [9.17, 15) is 0 Å². The molecule has 0 saturated heterocycles. The lowest BCUT2D eigenvalue weighted by molar-refractivity contribution is 0.404. The van der Waals surface area contributed by atoms with Gasteiger partial charge in [-0.1, -0.05) is 6.07 Å². The monoisotopic (exact) mass is 275 g/mol. The van der Waals surface area contributed by atoms with Crippen LogP contribution >= 0.6 is 11.8 Å². The molecule has 0 unspecified atom stereocenters. The molecule has 19 heavy (non-hydrogen) atoms. The minimum atomic E-state index is 0.797. The fourth-order valence-electron chi connectivity index (χ4n) is 1.85. The van der Waals surface area contributed by atoms with E-state index in [2.05, 4.69) is 17.3 Å². The standard InChI is InChI=1S/C15H17NO2S/c1-17-12-5-7-15(18-2)13(8-12)14-6-4-11(9-16-14)10-19-3/h4-9H,10H2,1-3H3. The number of benzene rings is 1. The molecule has 2 rings (SSSR count). The van der Waals surface area contributed by atoms with Crippen LogP contribution in [0.15, 0.2) is 36.5 Å². The van der Waals surface area contributed by atoms with Gasteiger partial charge in [0, 0.05) is 17.5 Å². The Kier molecular flexibility index (Phi) is 4.68. The lowest BCUT2D eigenvalue weighted by Gasteiger charge is -2.10. The Balaban J connectivity index is 2.38. The van der Waals surface area contributed by atoms with Crippen LogP contribution in [-0.4, -0.2) is 25.5 Å². The first-order valence-electron chi connectivity index (χ1n) is 5.94. The Morgan fingerprint density at radius 3 is 2.53 bits per heavy atom. The molecule has 1 heterocycles. The number of hydrogen-bond acceptors (Lipinski definition) is 4. The summed E-state index contributed by atoms with van der Waals surface area (Å²) >= 11 is 1.79. The van der Waals surface area contributed by atoms with Gasteiger partial charge in [0.1, 0.15) is 11.5 Å². The normalized spacial score (nSPS) is 10.3. The van der Waals surface area contributed by atoms with Crippen LogP contribution in [0.2, 0.25) is 0 Å². The topological polar surface area (TPSA) is 31.4 Å². The summed E-state index contributed by atoms with van der Waals surface area (Å²) in [5.74, 6) is 2.57. The molecule has 0 N–H and O–H groups in total. The number of hydrogen-bond donors (Lipinski definition) is 0. The summed E-state index contributed by atoms with van der Waals surface area (Å²) in [6, 6.07) is 9.83. The second-order valence-electron chi connectivity index (χ2n) is 4.05. The van der Waals surface area contributed by atoms with Crippen molar-refractivity contribution < 1.29 is 9.47 Å². The van der Waals surface area contributed by atoms with Crippen molar-refractivity contribution in [1.29, 1.82) is 0 Å². The number of rotatable bonds is 5. The minimum Gasteiger partial charge on any atom is -0.497 e. The molecule has 1 aromatic heterocycles. The molecule has 0 aliphatic carbocycles. The Labute approximate surface area is 118 Å². The van der Waals surface area contributed by atoms with E-state index >= 15 is 0 Å². The minimum absolute atomic E-state index is 0.797. The first-order chi connectivity index (χ1) is 9.28. The van der Waals surface area contributed by atoms with Crippen molar-refractivity contribution in [2.24, 2.45) is 0 Å². The first kappa shape index (κ1) is 13.7. The lowest BCUT2D eigenvalue weighted by atomic mass is 10.1. The van der Waals surface area contributed by atoms with Crippen LogP contribution in [0.25, 0.3) is 11.3 Å². The van der Waals surface area contributed by atoms with Crippen LogP contribution in [0, 0.1) is 0 Å². The van der Waals surface area contributed by atoms with Crippen LogP contribution in [0.1, 0.15) is 5.56 Å². The largest absolute Gasteiger partial charge is 0.497 e. The highest BCUT2D eigenvalue weighted by Crippen LogP contribution is 2.32. The fraction of sp³-hybridized carbons (Fsp3) is 0.267. The van der Waals surface area contributed by atoms with Gasteiger partial charge in [-0.25, -0.2) is 0 Å². The third-order valence-corrected chi connectivity index (χ3v) is 3.44. The molecular weight excluding hydrogens is 258 g/mol.